The standard InChI is InChI=1S/C12H12F6O/c1-7(2)8-5-3-4-6-9(8)19-12(17,18)10(13)11(14,15)16/h3-7,10H,1-2H3. The highest BCUT2D eigenvalue weighted by molar-refractivity contribution is 5.35. The number of rotatable bonds is 4. The van der Waals surface area contributed by atoms with Crippen molar-refractivity contribution in [1.29, 1.82) is 0 Å². The molecule has 0 aliphatic carbocycles. The Labute approximate surface area is 106 Å². The fourth-order valence-electron chi connectivity index (χ4n) is 1.44. The molecule has 7 heteroatoms. The smallest absolute Gasteiger partial charge is 0.430 e. The molecule has 0 aliphatic heterocycles. The minimum atomic E-state index is -5.68. The number of alkyl halides is 6. The Hall–Kier alpha value is -1.40. The van der Waals surface area contributed by atoms with E-state index in [0.29, 0.717) is 0 Å². The second-order valence-electron chi connectivity index (χ2n) is 4.26. The zero-order chi connectivity index (χ0) is 14.8. The molecule has 108 valence electrons. The van der Waals surface area contributed by atoms with Gasteiger partial charge in [0, 0.05) is 0 Å². The van der Waals surface area contributed by atoms with E-state index in [-0.39, 0.29) is 11.5 Å². The van der Waals surface area contributed by atoms with Crippen molar-refractivity contribution in [2.75, 3.05) is 0 Å². The predicted octanol–water partition coefficient (Wildman–Crippen LogP) is 4.68. The normalized spacial score (nSPS) is 14.6. The van der Waals surface area contributed by atoms with E-state index in [1.807, 2.05) is 0 Å². The summed E-state index contributed by atoms with van der Waals surface area (Å²) in [4.78, 5) is 0. The number of para-hydroxylation sites is 1. The van der Waals surface area contributed by atoms with E-state index in [1.54, 1.807) is 13.8 Å². The maximum atomic E-state index is 13.1. The summed E-state index contributed by atoms with van der Waals surface area (Å²) in [5.41, 5.74) is 0.275. The molecule has 0 saturated carbocycles. The lowest BCUT2D eigenvalue weighted by Crippen LogP contribution is -2.45. The second-order valence-corrected chi connectivity index (χ2v) is 4.26. The lowest BCUT2D eigenvalue weighted by Gasteiger charge is -2.24. The van der Waals surface area contributed by atoms with Crippen LogP contribution in [-0.4, -0.2) is 18.5 Å². The number of benzene rings is 1. The molecule has 0 heterocycles. The third-order valence-electron chi connectivity index (χ3n) is 2.37. The molecule has 19 heavy (non-hydrogen) atoms. The SMILES string of the molecule is CC(C)c1ccccc1OC(F)(F)C(F)C(F)(F)F. The van der Waals surface area contributed by atoms with Gasteiger partial charge in [0.2, 0.25) is 0 Å². The number of hydrogen-bond donors (Lipinski definition) is 0. The summed E-state index contributed by atoms with van der Waals surface area (Å²) < 4.78 is 78.8. The van der Waals surface area contributed by atoms with Gasteiger partial charge in [-0.05, 0) is 17.5 Å². The van der Waals surface area contributed by atoms with Crippen LogP contribution in [0, 0.1) is 0 Å². The van der Waals surface area contributed by atoms with E-state index in [4.69, 9.17) is 0 Å². The predicted molar refractivity (Wildman–Crippen MR) is 57.1 cm³/mol. The van der Waals surface area contributed by atoms with Gasteiger partial charge < -0.3 is 4.74 Å². The molecule has 1 atom stereocenters. The maximum absolute atomic E-state index is 13.1. The highest BCUT2D eigenvalue weighted by Crippen LogP contribution is 2.38. The summed E-state index contributed by atoms with van der Waals surface area (Å²) >= 11 is 0. The fraction of sp³-hybridized carbons (Fsp3) is 0.500. The lowest BCUT2D eigenvalue weighted by molar-refractivity contribution is -0.305. The first-order valence-electron chi connectivity index (χ1n) is 5.42. The fourth-order valence-corrected chi connectivity index (χ4v) is 1.44. The highest BCUT2D eigenvalue weighted by Gasteiger charge is 2.59. The zero-order valence-corrected chi connectivity index (χ0v) is 10.1. The van der Waals surface area contributed by atoms with E-state index >= 15 is 0 Å². The zero-order valence-electron chi connectivity index (χ0n) is 10.1. The average molecular weight is 286 g/mol. The van der Waals surface area contributed by atoms with Crippen molar-refractivity contribution in [3.05, 3.63) is 29.8 Å². The summed E-state index contributed by atoms with van der Waals surface area (Å²) in [7, 11) is 0. The topological polar surface area (TPSA) is 9.23 Å². The summed E-state index contributed by atoms with van der Waals surface area (Å²) in [6.07, 6.45) is -15.0. The van der Waals surface area contributed by atoms with Gasteiger partial charge in [0.05, 0.1) is 0 Å². The summed E-state index contributed by atoms with van der Waals surface area (Å²) in [5.74, 6) is -0.717. The van der Waals surface area contributed by atoms with Crippen LogP contribution in [0.2, 0.25) is 0 Å². The van der Waals surface area contributed by atoms with Crippen LogP contribution in [0.25, 0.3) is 0 Å². The Morgan fingerprint density at radius 1 is 1.00 bits per heavy atom. The van der Waals surface area contributed by atoms with Crippen molar-refractivity contribution in [2.45, 2.75) is 38.2 Å². The van der Waals surface area contributed by atoms with Crippen molar-refractivity contribution in [1.82, 2.24) is 0 Å². The molecule has 0 amide bonds. The first kappa shape index (κ1) is 15.7. The molecule has 0 bridgehead atoms. The molecule has 1 rings (SSSR count). The molecule has 1 aromatic rings. The third-order valence-corrected chi connectivity index (χ3v) is 2.37. The summed E-state index contributed by atoms with van der Waals surface area (Å²) in [6.45, 7) is 3.30. The molecule has 1 nitrogen and oxygen atoms in total. The average Bonchev–Trinajstić information content (AvgIpc) is 2.26. The second kappa shape index (κ2) is 5.30. The van der Waals surface area contributed by atoms with E-state index in [1.165, 1.54) is 18.2 Å². The van der Waals surface area contributed by atoms with Gasteiger partial charge in [0.25, 0.3) is 6.17 Å². The van der Waals surface area contributed by atoms with Crippen LogP contribution in [0.1, 0.15) is 25.3 Å². The molecule has 0 spiro atoms. The molecule has 0 radical (unpaired) electrons. The van der Waals surface area contributed by atoms with Gasteiger partial charge >= 0.3 is 12.3 Å². The molecule has 0 N–H and O–H groups in total. The Bertz CT molecular complexity index is 426. The Kier molecular flexibility index (Phi) is 4.37. The molecule has 1 aromatic carbocycles. The van der Waals surface area contributed by atoms with Crippen LogP contribution < -0.4 is 4.74 Å². The van der Waals surface area contributed by atoms with Crippen molar-refractivity contribution in [2.24, 2.45) is 0 Å². The molecule has 0 saturated heterocycles. The quantitative estimate of drug-likeness (QED) is 0.730. The minimum Gasteiger partial charge on any atom is -0.430 e. The number of halogens is 6. The van der Waals surface area contributed by atoms with E-state index in [9.17, 15) is 26.3 Å². The molecular formula is C12H12F6O. The number of hydrogen-bond acceptors (Lipinski definition) is 1. The number of ether oxygens (including phenoxy) is 1. The van der Waals surface area contributed by atoms with Gasteiger partial charge in [0.1, 0.15) is 5.75 Å². The van der Waals surface area contributed by atoms with Crippen molar-refractivity contribution < 1.29 is 31.1 Å². The Morgan fingerprint density at radius 2 is 1.53 bits per heavy atom. The largest absolute Gasteiger partial charge is 0.439 e. The summed E-state index contributed by atoms with van der Waals surface area (Å²) in [5, 5.41) is 0. The third kappa shape index (κ3) is 3.78. The highest BCUT2D eigenvalue weighted by atomic mass is 19.4. The molecule has 1 unspecified atom stereocenters. The Morgan fingerprint density at radius 3 is 2.00 bits per heavy atom. The van der Waals surface area contributed by atoms with Crippen LogP contribution >= 0.6 is 0 Å². The van der Waals surface area contributed by atoms with Gasteiger partial charge in [0.15, 0.2) is 0 Å². The van der Waals surface area contributed by atoms with E-state index in [0.717, 1.165) is 6.07 Å². The first-order valence-corrected chi connectivity index (χ1v) is 5.42. The van der Waals surface area contributed by atoms with Crippen molar-refractivity contribution in [3.63, 3.8) is 0 Å². The van der Waals surface area contributed by atoms with Crippen LogP contribution in [0.4, 0.5) is 26.3 Å². The summed E-state index contributed by atoms with van der Waals surface area (Å²) in [6, 6.07) is 5.35. The van der Waals surface area contributed by atoms with Crippen molar-refractivity contribution in [3.8, 4) is 5.75 Å². The molecule has 0 aromatic heterocycles. The first-order chi connectivity index (χ1) is 8.55. The van der Waals surface area contributed by atoms with Crippen molar-refractivity contribution >= 4 is 0 Å². The minimum absolute atomic E-state index is 0.254. The van der Waals surface area contributed by atoms with E-state index in [2.05, 4.69) is 4.74 Å². The van der Waals surface area contributed by atoms with Gasteiger partial charge in [-0.15, -0.1) is 0 Å². The van der Waals surface area contributed by atoms with Gasteiger partial charge in [-0.2, -0.15) is 22.0 Å². The molecule has 0 aliphatic rings. The van der Waals surface area contributed by atoms with Crippen LogP contribution in [0.5, 0.6) is 5.75 Å². The Balaban J connectivity index is 3.02. The lowest BCUT2D eigenvalue weighted by atomic mass is 10.0. The monoisotopic (exact) mass is 286 g/mol. The maximum Gasteiger partial charge on any atom is 0.439 e. The van der Waals surface area contributed by atoms with Crippen LogP contribution in [0.15, 0.2) is 24.3 Å². The molecular weight excluding hydrogens is 274 g/mol. The van der Waals surface area contributed by atoms with E-state index < -0.39 is 24.2 Å². The van der Waals surface area contributed by atoms with Gasteiger partial charge in [-0.1, -0.05) is 32.0 Å². The molecule has 0 fully saturated rings. The van der Waals surface area contributed by atoms with Crippen LogP contribution in [-0.2, 0) is 0 Å². The van der Waals surface area contributed by atoms with Crippen LogP contribution in [0.3, 0.4) is 0 Å². The van der Waals surface area contributed by atoms with Gasteiger partial charge in [-0.3, -0.25) is 0 Å². The van der Waals surface area contributed by atoms with Gasteiger partial charge in [-0.25, -0.2) is 4.39 Å².